The molecule has 2 N–H and O–H groups in total. The highest BCUT2D eigenvalue weighted by Gasteiger charge is 2.39. The summed E-state index contributed by atoms with van der Waals surface area (Å²) in [5.74, 6) is 0.674. The van der Waals surface area contributed by atoms with Gasteiger partial charge in [-0.15, -0.1) is 0 Å². The van der Waals surface area contributed by atoms with Crippen LogP contribution in [-0.2, 0) is 4.79 Å². The molecule has 1 saturated heterocycles. The van der Waals surface area contributed by atoms with Crippen molar-refractivity contribution in [3.8, 4) is 0 Å². The molecule has 0 aromatic heterocycles. The Morgan fingerprint density at radius 2 is 2.13 bits per heavy atom. The second-order valence-electron chi connectivity index (χ2n) is 4.97. The summed E-state index contributed by atoms with van der Waals surface area (Å²) in [5, 5.41) is 6.46. The minimum atomic E-state index is -0.289. The third-order valence-electron chi connectivity index (χ3n) is 3.64. The highest BCUT2D eigenvalue weighted by atomic mass is 16.2. The molecular formula is C12H24N2O. The largest absolute Gasteiger partial charge is 0.352 e. The van der Waals surface area contributed by atoms with E-state index in [-0.39, 0.29) is 17.5 Å². The molecule has 1 aliphatic rings. The summed E-state index contributed by atoms with van der Waals surface area (Å²) in [7, 11) is 0. The molecule has 88 valence electrons. The van der Waals surface area contributed by atoms with Gasteiger partial charge in [0.15, 0.2) is 0 Å². The van der Waals surface area contributed by atoms with Crippen molar-refractivity contribution in [1.29, 1.82) is 0 Å². The van der Waals surface area contributed by atoms with Crippen LogP contribution < -0.4 is 10.6 Å². The van der Waals surface area contributed by atoms with Crippen molar-refractivity contribution in [3.63, 3.8) is 0 Å². The summed E-state index contributed by atoms with van der Waals surface area (Å²) in [6.45, 7) is 9.38. The lowest BCUT2D eigenvalue weighted by Gasteiger charge is -2.29. The third kappa shape index (κ3) is 2.71. The predicted molar refractivity (Wildman–Crippen MR) is 62.7 cm³/mol. The van der Waals surface area contributed by atoms with Gasteiger partial charge in [-0.05, 0) is 38.6 Å². The van der Waals surface area contributed by atoms with Crippen LogP contribution in [0.4, 0.5) is 0 Å². The molecule has 2 unspecified atom stereocenters. The van der Waals surface area contributed by atoms with E-state index in [1.54, 1.807) is 0 Å². The number of rotatable bonds is 4. The molecule has 1 amide bonds. The standard InChI is InChI=1S/C12H24N2O/c1-5-12(7-6-8-13-12)11(15)14-10(4)9(2)3/h9-10,13H,5-8H2,1-4H3,(H,14,15). The van der Waals surface area contributed by atoms with E-state index in [0.717, 1.165) is 25.8 Å². The highest BCUT2D eigenvalue weighted by molar-refractivity contribution is 5.86. The van der Waals surface area contributed by atoms with Gasteiger partial charge in [0.05, 0.1) is 5.54 Å². The maximum Gasteiger partial charge on any atom is 0.240 e. The molecule has 0 aliphatic carbocycles. The van der Waals surface area contributed by atoms with E-state index in [2.05, 4.69) is 38.3 Å². The summed E-state index contributed by atoms with van der Waals surface area (Å²) in [5.41, 5.74) is -0.289. The lowest BCUT2D eigenvalue weighted by atomic mass is 9.92. The molecule has 0 bridgehead atoms. The first kappa shape index (κ1) is 12.5. The predicted octanol–water partition coefficient (Wildman–Crippen LogP) is 1.68. The fourth-order valence-electron chi connectivity index (χ4n) is 1.97. The zero-order valence-corrected chi connectivity index (χ0v) is 10.4. The van der Waals surface area contributed by atoms with E-state index in [1.165, 1.54) is 0 Å². The number of carbonyl (C=O) groups is 1. The van der Waals surface area contributed by atoms with Crippen LogP contribution in [0, 0.1) is 5.92 Å². The molecule has 1 heterocycles. The van der Waals surface area contributed by atoms with Crippen LogP contribution in [0.5, 0.6) is 0 Å². The van der Waals surface area contributed by atoms with Crippen molar-refractivity contribution in [2.24, 2.45) is 5.92 Å². The molecule has 3 heteroatoms. The molecule has 1 fully saturated rings. The second-order valence-corrected chi connectivity index (χ2v) is 4.97. The Labute approximate surface area is 93.0 Å². The van der Waals surface area contributed by atoms with Gasteiger partial charge in [0.1, 0.15) is 0 Å². The number of carbonyl (C=O) groups excluding carboxylic acids is 1. The van der Waals surface area contributed by atoms with E-state index in [4.69, 9.17) is 0 Å². The summed E-state index contributed by atoms with van der Waals surface area (Å²) < 4.78 is 0. The van der Waals surface area contributed by atoms with Crippen LogP contribution in [-0.4, -0.2) is 24.0 Å². The van der Waals surface area contributed by atoms with Crippen molar-refractivity contribution in [3.05, 3.63) is 0 Å². The van der Waals surface area contributed by atoms with Crippen molar-refractivity contribution in [1.82, 2.24) is 10.6 Å². The monoisotopic (exact) mass is 212 g/mol. The molecule has 0 aromatic carbocycles. The first-order chi connectivity index (χ1) is 7.02. The van der Waals surface area contributed by atoms with E-state index < -0.39 is 0 Å². The molecular weight excluding hydrogens is 188 g/mol. The first-order valence-corrected chi connectivity index (χ1v) is 6.08. The van der Waals surface area contributed by atoms with Crippen LogP contribution >= 0.6 is 0 Å². The van der Waals surface area contributed by atoms with Crippen molar-refractivity contribution in [2.45, 2.75) is 58.5 Å². The molecule has 0 aromatic rings. The Bertz CT molecular complexity index is 220. The van der Waals surface area contributed by atoms with Crippen LogP contribution in [0.2, 0.25) is 0 Å². The number of hydrogen-bond donors (Lipinski definition) is 2. The zero-order valence-electron chi connectivity index (χ0n) is 10.4. The molecule has 1 rings (SSSR count). The van der Waals surface area contributed by atoms with Crippen LogP contribution in [0.15, 0.2) is 0 Å². The van der Waals surface area contributed by atoms with Crippen LogP contribution in [0.25, 0.3) is 0 Å². The van der Waals surface area contributed by atoms with E-state index in [9.17, 15) is 4.79 Å². The number of nitrogens with one attached hydrogen (secondary N) is 2. The summed E-state index contributed by atoms with van der Waals surface area (Å²) in [4.78, 5) is 12.1. The van der Waals surface area contributed by atoms with Crippen LogP contribution in [0.1, 0.15) is 47.0 Å². The molecule has 0 saturated carbocycles. The van der Waals surface area contributed by atoms with E-state index in [1.807, 2.05) is 0 Å². The van der Waals surface area contributed by atoms with Crippen molar-refractivity contribution >= 4 is 5.91 Å². The average molecular weight is 212 g/mol. The Balaban J connectivity index is 2.58. The average Bonchev–Trinajstić information content (AvgIpc) is 2.66. The van der Waals surface area contributed by atoms with Gasteiger partial charge in [-0.1, -0.05) is 20.8 Å². The molecule has 1 aliphatic heterocycles. The minimum Gasteiger partial charge on any atom is -0.352 e. The SMILES string of the molecule is CCC1(C(=O)NC(C)C(C)C)CCCN1. The molecule has 0 spiro atoms. The molecule has 2 atom stereocenters. The van der Waals surface area contributed by atoms with Crippen molar-refractivity contribution in [2.75, 3.05) is 6.54 Å². The van der Waals surface area contributed by atoms with Crippen LogP contribution in [0.3, 0.4) is 0 Å². The fraction of sp³-hybridized carbons (Fsp3) is 0.917. The fourth-order valence-corrected chi connectivity index (χ4v) is 1.97. The summed E-state index contributed by atoms with van der Waals surface area (Å²) >= 11 is 0. The summed E-state index contributed by atoms with van der Waals surface area (Å²) in [6, 6.07) is 0.253. The van der Waals surface area contributed by atoms with Gasteiger partial charge in [-0.2, -0.15) is 0 Å². The second kappa shape index (κ2) is 4.97. The highest BCUT2D eigenvalue weighted by Crippen LogP contribution is 2.23. The van der Waals surface area contributed by atoms with Gasteiger partial charge in [0, 0.05) is 6.04 Å². The molecule has 0 radical (unpaired) electrons. The van der Waals surface area contributed by atoms with Gasteiger partial charge in [-0.25, -0.2) is 0 Å². The Morgan fingerprint density at radius 1 is 1.47 bits per heavy atom. The minimum absolute atomic E-state index is 0.184. The smallest absolute Gasteiger partial charge is 0.240 e. The first-order valence-electron chi connectivity index (χ1n) is 6.08. The van der Waals surface area contributed by atoms with Gasteiger partial charge >= 0.3 is 0 Å². The topological polar surface area (TPSA) is 41.1 Å². The number of hydrogen-bond acceptors (Lipinski definition) is 2. The molecule has 3 nitrogen and oxygen atoms in total. The lowest BCUT2D eigenvalue weighted by molar-refractivity contribution is -0.128. The Kier molecular flexibility index (Phi) is 4.14. The Hall–Kier alpha value is -0.570. The normalized spacial score (nSPS) is 28.1. The van der Waals surface area contributed by atoms with Gasteiger partial charge in [0.25, 0.3) is 0 Å². The summed E-state index contributed by atoms with van der Waals surface area (Å²) in [6.07, 6.45) is 2.96. The van der Waals surface area contributed by atoms with Gasteiger partial charge < -0.3 is 10.6 Å². The Morgan fingerprint density at radius 3 is 2.53 bits per heavy atom. The maximum atomic E-state index is 12.1. The van der Waals surface area contributed by atoms with E-state index in [0.29, 0.717) is 5.92 Å². The third-order valence-corrected chi connectivity index (χ3v) is 3.64. The lowest BCUT2D eigenvalue weighted by Crippen LogP contribution is -2.55. The molecule has 15 heavy (non-hydrogen) atoms. The quantitative estimate of drug-likeness (QED) is 0.744. The maximum absolute atomic E-state index is 12.1. The van der Waals surface area contributed by atoms with Crippen molar-refractivity contribution < 1.29 is 4.79 Å². The number of amides is 1. The van der Waals surface area contributed by atoms with Gasteiger partial charge in [0.2, 0.25) is 5.91 Å². The van der Waals surface area contributed by atoms with E-state index >= 15 is 0 Å². The zero-order chi connectivity index (χ0) is 11.5. The van der Waals surface area contributed by atoms with Gasteiger partial charge in [-0.3, -0.25) is 4.79 Å².